The van der Waals surface area contributed by atoms with Crippen LogP contribution in [-0.2, 0) is 0 Å². The number of piperidine rings is 1. The smallest absolute Gasteiger partial charge is 0.0750 e. The van der Waals surface area contributed by atoms with Crippen LogP contribution in [0.4, 0.5) is 0 Å². The van der Waals surface area contributed by atoms with Crippen molar-refractivity contribution >= 4 is 10.9 Å². The molecule has 2 aromatic rings. The van der Waals surface area contributed by atoms with Crippen molar-refractivity contribution in [3.8, 4) is 0 Å². The highest BCUT2D eigenvalue weighted by atomic mass is 15.2. The number of fused-ring (bicyclic) bond motifs is 3. The number of pyridine rings is 1. The first-order valence-corrected chi connectivity index (χ1v) is 7.66. The highest BCUT2D eigenvalue weighted by molar-refractivity contribution is 5.82. The highest BCUT2D eigenvalue weighted by Crippen LogP contribution is 2.42. The van der Waals surface area contributed by atoms with Gasteiger partial charge in [0.1, 0.15) is 0 Å². The lowest BCUT2D eigenvalue weighted by Gasteiger charge is -2.34. The van der Waals surface area contributed by atoms with Gasteiger partial charge in [0.25, 0.3) is 0 Å². The van der Waals surface area contributed by atoms with E-state index in [0.717, 1.165) is 17.5 Å². The zero-order valence-electron chi connectivity index (χ0n) is 11.7. The lowest BCUT2D eigenvalue weighted by Crippen LogP contribution is -2.39. The van der Waals surface area contributed by atoms with E-state index in [1.54, 1.807) is 0 Å². The number of likely N-dealkylation sites (tertiary alicyclic amines) is 1. The van der Waals surface area contributed by atoms with Crippen molar-refractivity contribution in [3.63, 3.8) is 0 Å². The fraction of sp³-hybridized carbons (Fsp3) is 0.471. The van der Waals surface area contributed by atoms with Crippen molar-refractivity contribution in [2.45, 2.75) is 31.3 Å². The van der Waals surface area contributed by atoms with E-state index in [1.807, 2.05) is 12.3 Å². The van der Waals surface area contributed by atoms with Gasteiger partial charge in [0.2, 0.25) is 0 Å². The monoisotopic (exact) mass is 267 g/mol. The Labute approximate surface area is 119 Å². The molecule has 2 bridgehead atoms. The molecule has 1 aliphatic heterocycles. The van der Waals surface area contributed by atoms with Crippen LogP contribution < -0.4 is 5.73 Å². The minimum Gasteiger partial charge on any atom is -0.329 e. The average Bonchev–Trinajstić information content (AvgIpc) is 3.11. The summed E-state index contributed by atoms with van der Waals surface area (Å²) in [7, 11) is 0. The fourth-order valence-corrected chi connectivity index (χ4v) is 4.18. The summed E-state index contributed by atoms with van der Waals surface area (Å²) in [6.45, 7) is 1.90. The summed E-state index contributed by atoms with van der Waals surface area (Å²) in [4.78, 5) is 7.24. The van der Waals surface area contributed by atoms with Gasteiger partial charge in [0.15, 0.2) is 0 Å². The quantitative estimate of drug-likeness (QED) is 0.929. The van der Waals surface area contributed by atoms with Gasteiger partial charge in [0, 0.05) is 36.8 Å². The summed E-state index contributed by atoms with van der Waals surface area (Å²) in [6.07, 6.45) is 6.01. The molecule has 2 aliphatic rings. The molecular weight excluding hydrogens is 246 g/mol. The maximum Gasteiger partial charge on any atom is 0.0750 e. The summed E-state index contributed by atoms with van der Waals surface area (Å²) >= 11 is 0. The van der Waals surface area contributed by atoms with Crippen molar-refractivity contribution in [2.75, 3.05) is 13.1 Å². The lowest BCUT2D eigenvalue weighted by molar-refractivity contribution is 0.154. The van der Waals surface area contributed by atoms with Gasteiger partial charge in [-0.15, -0.1) is 0 Å². The second-order valence-electron chi connectivity index (χ2n) is 6.20. The zero-order valence-corrected chi connectivity index (χ0v) is 11.7. The largest absolute Gasteiger partial charge is 0.329 e. The maximum atomic E-state index is 6.14. The van der Waals surface area contributed by atoms with Crippen molar-refractivity contribution in [1.82, 2.24) is 9.88 Å². The van der Waals surface area contributed by atoms with Crippen LogP contribution in [0.25, 0.3) is 10.9 Å². The van der Waals surface area contributed by atoms with E-state index in [2.05, 4.69) is 34.1 Å². The van der Waals surface area contributed by atoms with E-state index < -0.39 is 0 Å². The van der Waals surface area contributed by atoms with Crippen LogP contribution >= 0.6 is 0 Å². The topological polar surface area (TPSA) is 42.1 Å². The van der Waals surface area contributed by atoms with Crippen LogP contribution in [-0.4, -0.2) is 29.0 Å². The molecule has 3 nitrogen and oxygen atoms in total. The van der Waals surface area contributed by atoms with Crippen molar-refractivity contribution < 1.29 is 0 Å². The van der Waals surface area contributed by atoms with E-state index in [9.17, 15) is 0 Å². The molecule has 1 aromatic heterocycles. The molecule has 3 atom stereocenters. The number of benzene rings is 1. The van der Waals surface area contributed by atoms with E-state index in [1.165, 1.54) is 36.8 Å². The van der Waals surface area contributed by atoms with Crippen LogP contribution in [0.3, 0.4) is 0 Å². The van der Waals surface area contributed by atoms with Crippen LogP contribution in [0.1, 0.15) is 30.9 Å². The SMILES string of the molecule is NCC(c1cccc2cccnc12)N1CC2CCC1C2. The Morgan fingerprint density at radius 3 is 2.90 bits per heavy atom. The first-order valence-electron chi connectivity index (χ1n) is 7.66. The number of rotatable bonds is 3. The molecule has 0 spiro atoms. The molecule has 3 heteroatoms. The van der Waals surface area contributed by atoms with Gasteiger partial charge < -0.3 is 5.73 Å². The van der Waals surface area contributed by atoms with Crippen LogP contribution in [0.5, 0.6) is 0 Å². The Morgan fingerprint density at radius 1 is 1.25 bits per heavy atom. The Morgan fingerprint density at radius 2 is 2.15 bits per heavy atom. The van der Waals surface area contributed by atoms with Gasteiger partial charge in [-0.1, -0.05) is 24.3 Å². The molecule has 0 radical (unpaired) electrons. The summed E-state index contributed by atoms with van der Waals surface area (Å²) in [5.41, 5.74) is 8.56. The standard InChI is InChI=1S/C17H21N3/c18-10-16(20-11-12-6-7-14(20)9-12)15-5-1-3-13-4-2-8-19-17(13)15/h1-5,8,12,14,16H,6-7,9-11,18H2. The number of para-hydroxylation sites is 1. The van der Waals surface area contributed by atoms with E-state index in [0.29, 0.717) is 12.6 Å². The van der Waals surface area contributed by atoms with Gasteiger partial charge in [-0.3, -0.25) is 9.88 Å². The number of nitrogens with zero attached hydrogens (tertiary/aromatic N) is 2. The predicted octanol–water partition coefficient (Wildman–Crippen LogP) is 2.72. The average molecular weight is 267 g/mol. The van der Waals surface area contributed by atoms with Gasteiger partial charge in [0.05, 0.1) is 5.52 Å². The first-order chi connectivity index (χ1) is 9.86. The lowest BCUT2D eigenvalue weighted by atomic mass is 9.99. The molecule has 2 heterocycles. The van der Waals surface area contributed by atoms with Crippen molar-refractivity contribution in [3.05, 3.63) is 42.1 Å². The second-order valence-corrected chi connectivity index (χ2v) is 6.20. The van der Waals surface area contributed by atoms with E-state index >= 15 is 0 Å². The number of nitrogens with two attached hydrogens (primary N) is 1. The Bertz CT molecular complexity index is 619. The van der Waals surface area contributed by atoms with Crippen LogP contribution in [0.15, 0.2) is 36.5 Å². The molecule has 1 saturated heterocycles. The first kappa shape index (κ1) is 12.3. The Hall–Kier alpha value is -1.45. The third-order valence-electron chi connectivity index (χ3n) is 5.10. The Balaban J connectivity index is 1.76. The van der Waals surface area contributed by atoms with E-state index in [4.69, 9.17) is 5.73 Å². The van der Waals surface area contributed by atoms with Gasteiger partial charge in [-0.2, -0.15) is 0 Å². The summed E-state index contributed by atoms with van der Waals surface area (Å²) in [5.74, 6) is 0.900. The second kappa shape index (κ2) is 4.83. The molecule has 3 unspecified atom stereocenters. The van der Waals surface area contributed by atoms with Gasteiger partial charge in [-0.25, -0.2) is 0 Å². The minimum absolute atomic E-state index is 0.323. The van der Waals surface area contributed by atoms with Gasteiger partial charge >= 0.3 is 0 Å². The number of aromatic nitrogens is 1. The highest BCUT2D eigenvalue weighted by Gasteiger charge is 2.41. The molecule has 0 amide bonds. The summed E-state index contributed by atoms with van der Waals surface area (Å²) in [5, 5.41) is 1.22. The van der Waals surface area contributed by atoms with Crippen molar-refractivity contribution in [1.29, 1.82) is 0 Å². The molecular formula is C17H21N3. The number of hydrogen-bond donors (Lipinski definition) is 1. The molecule has 2 fully saturated rings. The molecule has 4 rings (SSSR count). The van der Waals surface area contributed by atoms with Crippen LogP contribution in [0, 0.1) is 5.92 Å². The summed E-state index contributed by atoms with van der Waals surface area (Å²) in [6, 6.07) is 11.7. The maximum absolute atomic E-state index is 6.14. The summed E-state index contributed by atoms with van der Waals surface area (Å²) < 4.78 is 0. The van der Waals surface area contributed by atoms with Gasteiger partial charge in [-0.05, 0) is 36.8 Å². The predicted molar refractivity (Wildman–Crippen MR) is 81.4 cm³/mol. The molecule has 2 N–H and O–H groups in total. The normalized spacial score (nSPS) is 27.2. The van der Waals surface area contributed by atoms with E-state index in [-0.39, 0.29) is 0 Å². The fourth-order valence-electron chi connectivity index (χ4n) is 4.18. The molecule has 104 valence electrons. The molecule has 1 saturated carbocycles. The Kier molecular flexibility index (Phi) is 2.97. The van der Waals surface area contributed by atoms with Crippen LogP contribution in [0.2, 0.25) is 0 Å². The third kappa shape index (κ3) is 1.85. The third-order valence-corrected chi connectivity index (χ3v) is 5.10. The molecule has 20 heavy (non-hydrogen) atoms. The minimum atomic E-state index is 0.323. The zero-order chi connectivity index (χ0) is 13.5. The molecule has 1 aromatic carbocycles. The van der Waals surface area contributed by atoms with Crippen molar-refractivity contribution in [2.24, 2.45) is 11.7 Å². The number of hydrogen-bond acceptors (Lipinski definition) is 3. The molecule has 1 aliphatic carbocycles.